The van der Waals surface area contributed by atoms with Crippen LogP contribution in [-0.2, 0) is 0 Å². The number of aliphatic hydroxyl groups is 3. The Morgan fingerprint density at radius 3 is 2.42 bits per heavy atom. The molecule has 0 aliphatic heterocycles. The fraction of sp³-hybridized carbons (Fsp3) is 0.636. The van der Waals surface area contributed by atoms with E-state index >= 15 is 0 Å². The largest absolute Gasteiger partial charge is 0.394 e. The van der Waals surface area contributed by atoms with Crippen molar-refractivity contribution in [2.45, 2.75) is 18.9 Å². The van der Waals surface area contributed by atoms with Crippen molar-refractivity contribution in [3.63, 3.8) is 0 Å². The maximum Gasteiger partial charge on any atom is 0.224 e. The molecule has 0 unspecified atom stereocenters. The van der Waals surface area contributed by atoms with Crippen molar-refractivity contribution in [3.8, 4) is 0 Å². The Hall–Kier alpha value is -1.15. The summed E-state index contributed by atoms with van der Waals surface area (Å²) < 4.78 is 0. The van der Waals surface area contributed by atoms with Crippen molar-refractivity contribution < 1.29 is 15.3 Å². The lowest BCUT2D eigenvalue weighted by atomic mass is 10.0. The van der Waals surface area contributed by atoms with Crippen LogP contribution in [0.15, 0.2) is 6.20 Å². The number of anilines is 2. The van der Waals surface area contributed by atoms with Crippen molar-refractivity contribution in [2.75, 3.05) is 37.0 Å². The van der Waals surface area contributed by atoms with Gasteiger partial charge in [-0.1, -0.05) is 18.5 Å². The zero-order valence-electron chi connectivity index (χ0n) is 10.7. The summed E-state index contributed by atoms with van der Waals surface area (Å²) in [4.78, 5) is 8.14. The SMILES string of the molecule is CCCNc1ncc(Cl)c(NC(CO)(CO)CO)n1. The van der Waals surface area contributed by atoms with Gasteiger partial charge in [0, 0.05) is 6.54 Å². The molecular weight excluding hydrogens is 272 g/mol. The van der Waals surface area contributed by atoms with E-state index in [0.29, 0.717) is 12.5 Å². The molecule has 0 atom stereocenters. The minimum Gasteiger partial charge on any atom is -0.394 e. The van der Waals surface area contributed by atoms with Gasteiger partial charge in [-0.15, -0.1) is 0 Å². The quantitative estimate of drug-likeness (QED) is 0.461. The van der Waals surface area contributed by atoms with Crippen LogP contribution in [0.4, 0.5) is 11.8 Å². The Kier molecular flexibility index (Phi) is 6.23. The average Bonchev–Trinajstić information content (AvgIpc) is 2.45. The molecule has 0 amide bonds. The number of halogens is 1. The van der Waals surface area contributed by atoms with Gasteiger partial charge in [0.15, 0.2) is 5.82 Å². The van der Waals surface area contributed by atoms with Crippen LogP contribution >= 0.6 is 11.6 Å². The second-order valence-electron chi connectivity index (χ2n) is 4.20. The first-order valence-electron chi connectivity index (χ1n) is 5.98. The molecule has 0 spiro atoms. The summed E-state index contributed by atoms with van der Waals surface area (Å²) in [6.07, 6.45) is 2.33. The molecule has 1 aromatic heterocycles. The molecule has 0 saturated carbocycles. The molecule has 1 rings (SSSR count). The molecular formula is C11H19ClN4O3. The van der Waals surface area contributed by atoms with E-state index < -0.39 is 25.4 Å². The van der Waals surface area contributed by atoms with Gasteiger partial charge in [-0.05, 0) is 6.42 Å². The minimum atomic E-state index is -1.28. The predicted molar refractivity (Wildman–Crippen MR) is 73.4 cm³/mol. The fourth-order valence-electron chi connectivity index (χ4n) is 1.30. The van der Waals surface area contributed by atoms with Gasteiger partial charge in [-0.2, -0.15) is 4.98 Å². The molecule has 0 aromatic carbocycles. The third-order valence-corrected chi connectivity index (χ3v) is 2.85. The molecule has 0 fully saturated rings. The number of hydrogen-bond acceptors (Lipinski definition) is 7. The van der Waals surface area contributed by atoms with E-state index in [-0.39, 0.29) is 10.8 Å². The summed E-state index contributed by atoms with van der Waals surface area (Å²) in [6, 6.07) is 0. The lowest BCUT2D eigenvalue weighted by molar-refractivity contribution is 0.0831. The normalized spacial score (nSPS) is 11.4. The monoisotopic (exact) mass is 290 g/mol. The van der Waals surface area contributed by atoms with E-state index in [1.54, 1.807) is 0 Å². The van der Waals surface area contributed by atoms with Crippen molar-refractivity contribution in [2.24, 2.45) is 0 Å². The van der Waals surface area contributed by atoms with Gasteiger partial charge in [0.05, 0.1) is 26.0 Å². The number of aromatic nitrogens is 2. The highest BCUT2D eigenvalue weighted by Gasteiger charge is 2.29. The third-order valence-electron chi connectivity index (χ3n) is 2.57. The molecule has 7 nitrogen and oxygen atoms in total. The van der Waals surface area contributed by atoms with Crippen molar-refractivity contribution in [1.29, 1.82) is 0 Å². The number of rotatable bonds is 8. The van der Waals surface area contributed by atoms with E-state index in [4.69, 9.17) is 11.6 Å². The van der Waals surface area contributed by atoms with E-state index in [9.17, 15) is 15.3 Å². The number of aliphatic hydroxyl groups excluding tert-OH is 3. The molecule has 0 radical (unpaired) electrons. The van der Waals surface area contributed by atoms with Crippen LogP contribution in [-0.4, -0.2) is 57.2 Å². The zero-order valence-corrected chi connectivity index (χ0v) is 11.5. The first-order chi connectivity index (χ1) is 9.10. The topological polar surface area (TPSA) is 111 Å². The Balaban J connectivity index is 2.92. The summed E-state index contributed by atoms with van der Waals surface area (Å²) >= 11 is 5.95. The highest BCUT2D eigenvalue weighted by Crippen LogP contribution is 2.23. The van der Waals surface area contributed by atoms with Crippen LogP contribution in [0.25, 0.3) is 0 Å². The summed E-state index contributed by atoms with van der Waals surface area (Å²) in [5.41, 5.74) is -1.28. The first kappa shape index (κ1) is 15.9. The van der Waals surface area contributed by atoms with E-state index in [1.165, 1.54) is 6.20 Å². The highest BCUT2D eigenvalue weighted by atomic mass is 35.5. The second-order valence-corrected chi connectivity index (χ2v) is 4.60. The van der Waals surface area contributed by atoms with Gasteiger partial charge in [0.1, 0.15) is 10.6 Å². The Labute approximate surface area is 116 Å². The number of nitrogens with zero attached hydrogens (tertiary/aromatic N) is 2. The van der Waals surface area contributed by atoms with Gasteiger partial charge in [0.2, 0.25) is 5.95 Å². The highest BCUT2D eigenvalue weighted by molar-refractivity contribution is 6.32. The molecule has 19 heavy (non-hydrogen) atoms. The molecule has 5 N–H and O–H groups in total. The molecule has 8 heteroatoms. The molecule has 0 bridgehead atoms. The predicted octanol–water partition coefficient (Wildman–Crippen LogP) is 0.0795. The maximum absolute atomic E-state index is 9.25. The Morgan fingerprint density at radius 2 is 1.89 bits per heavy atom. The van der Waals surface area contributed by atoms with Crippen molar-refractivity contribution in [1.82, 2.24) is 9.97 Å². The van der Waals surface area contributed by atoms with E-state index in [2.05, 4.69) is 20.6 Å². The summed E-state index contributed by atoms with van der Waals surface area (Å²) in [5, 5.41) is 33.7. The standard InChI is InChI=1S/C11H19ClN4O3/c1-2-3-13-10-14-4-8(12)9(15-10)16-11(5-17,6-18)7-19/h4,17-19H,2-3,5-7H2,1H3,(H2,13,14,15,16). The lowest BCUT2D eigenvalue weighted by Gasteiger charge is -2.29. The second kappa shape index (κ2) is 7.44. The molecule has 0 saturated heterocycles. The molecule has 1 aromatic rings. The van der Waals surface area contributed by atoms with Crippen LogP contribution < -0.4 is 10.6 Å². The van der Waals surface area contributed by atoms with Gasteiger partial charge < -0.3 is 26.0 Å². The van der Waals surface area contributed by atoms with Crippen LogP contribution in [0.1, 0.15) is 13.3 Å². The number of nitrogens with one attached hydrogen (secondary N) is 2. The summed E-state index contributed by atoms with van der Waals surface area (Å²) in [7, 11) is 0. The summed E-state index contributed by atoms with van der Waals surface area (Å²) in [6.45, 7) is 1.34. The van der Waals surface area contributed by atoms with Crippen LogP contribution in [0, 0.1) is 0 Å². The van der Waals surface area contributed by atoms with Crippen molar-refractivity contribution >= 4 is 23.4 Å². The Morgan fingerprint density at radius 1 is 1.26 bits per heavy atom. The molecule has 108 valence electrons. The minimum absolute atomic E-state index is 0.238. The maximum atomic E-state index is 9.25. The lowest BCUT2D eigenvalue weighted by Crippen LogP contribution is -2.49. The number of hydrogen-bond donors (Lipinski definition) is 5. The van der Waals surface area contributed by atoms with Crippen LogP contribution in [0.5, 0.6) is 0 Å². The third kappa shape index (κ3) is 4.17. The smallest absolute Gasteiger partial charge is 0.224 e. The van der Waals surface area contributed by atoms with Gasteiger partial charge in [0.25, 0.3) is 0 Å². The fourth-order valence-corrected chi connectivity index (χ4v) is 1.43. The molecule has 0 aliphatic carbocycles. The van der Waals surface area contributed by atoms with Gasteiger partial charge in [-0.25, -0.2) is 4.98 Å². The van der Waals surface area contributed by atoms with Gasteiger partial charge in [-0.3, -0.25) is 0 Å². The van der Waals surface area contributed by atoms with E-state index in [1.807, 2.05) is 6.92 Å². The molecule has 1 heterocycles. The van der Waals surface area contributed by atoms with Crippen molar-refractivity contribution in [3.05, 3.63) is 11.2 Å². The summed E-state index contributed by atoms with van der Waals surface area (Å²) in [5.74, 6) is 0.629. The van der Waals surface area contributed by atoms with Crippen LogP contribution in [0.3, 0.4) is 0 Å². The first-order valence-corrected chi connectivity index (χ1v) is 6.35. The van der Waals surface area contributed by atoms with Crippen LogP contribution in [0.2, 0.25) is 5.02 Å². The van der Waals surface area contributed by atoms with E-state index in [0.717, 1.165) is 6.42 Å². The Bertz CT molecular complexity index is 393. The molecule has 0 aliphatic rings. The zero-order chi connectivity index (χ0) is 14.3. The average molecular weight is 291 g/mol. The van der Waals surface area contributed by atoms with Gasteiger partial charge >= 0.3 is 0 Å².